The molecular weight excluding hydrogens is 318 g/mol. The molecule has 1 saturated carbocycles. The first-order valence-corrected chi connectivity index (χ1v) is 9.24. The smallest absolute Gasteiger partial charge is 0.343 e. The van der Waals surface area contributed by atoms with Gasteiger partial charge in [-0.3, -0.25) is 5.43 Å². The number of benzene rings is 1. The van der Waals surface area contributed by atoms with Crippen molar-refractivity contribution in [2.45, 2.75) is 30.8 Å². The van der Waals surface area contributed by atoms with E-state index < -0.39 is 16.1 Å². The molecule has 1 aliphatic carbocycles. The topological polar surface area (TPSA) is 98.7 Å². The monoisotopic (exact) mass is 339 g/mol. The van der Waals surface area contributed by atoms with Crippen LogP contribution in [0.5, 0.6) is 0 Å². The highest BCUT2D eigenvalue weighted by Crippen LogP contribution is 2.36. The fraction of sp³-hybridized carbons (Fsp3) is 0.533. The van der Waals surface area contributed by atoms with Crippen molar-refractivity contribution < 1.29 is 18.3 Å². The summed E-state index contributed by atoms with van der Waals surface area (Å²) in [6.45, 7) is 1.40. The normalized spacial score (nSPS) is 24.4. The molecule has 0 unspecified atom stereocenters. The molecule has 7 nitrogen and oxygen atoms in total. The molecule has 126 valence electrons. The van der Waals surface area contributed by atoms with E-state index in [1.807, 2.05) is 4.72 Å². The fourth-order valence-electron chi connectivity index (χ4n) is 3.45. The lowest BCUT2D eigenvalue weighted by Crippen LogP contribution is -2.48. The van der Waals surface area contributed by atoms with Crippen LogP contribution in [0, 0.1) is 11.8 Å². The van der Waals surface area contributed by atoms with Crippen LogP contribution in [0.1, 0.15) is 24.8 Å². The maximum Gasteiger partial charge on any atom is 0.343 e. The van der Waals surface area contributed by atoms with E-state index in [9.17, 15) is 13.2 Å². The van der Waals surface area contributed by atoms with E-state index in [0.29, 0.717) is 17.4 Å². The first-order valence-electron chi connectivity index (χ1n) is 7.76. The van der Waals surface area contributed by atoms with Gasteiger partial charge in [-0.15, -0.1) is 0 Å². The van der Waals surface area contributed by atoms with Gasteiger partial charge in [0.25, 0.3) is 10.0 Å². The lowest BCUT2D eigenvalue weighted by molar-refractivity contribution is 0.195. The zero-order valence-corrected chi connectivity index (χ0v) is 13.6. The summed E-state index contributed by atoms with van der Waals surface area (Å²) >= 11 is 0. The quantitative estimate of drug-likeness (QED) is 0.754. The highest BCUT2D eigenvalue weighted by atomic mass is 32.2. The maximum absolute atomic E-state index is 12.2. The molecule has 1 aliphatic heterocycles. The Labute approximate surface area is 135 Å². The molecule has 2 aliphatic rings. The molecule has 1 heterocycles. The molecule has 8 heteroatoms. The van der Waals surface area contributed by atoms with Crippen LogP contribution >= 0.6 is 0 Å². The summed E-state index contributed by atoms with van der Waals surface area (Å²) in [5.74, 6) is 1.22. The summed E-state index contributed by atoms with van der Waals surface area (Å²) in [6, 6.07) is 5.00. The number of sulfonamides is 1. The van der Waals surface area contributed by atoms with Gasteiger partial charge in [0.1, 0.15) is 0 Å². The summed E-state index contributed by atoms with van der Waals surface area (Å²) < 4.78 is 26.3. The van der Waals surface area contributed by atoms with Crippen LogP contribution < -0.4 is 10.1 Å². The Bertz CT molecular complexity index is 662. The van der Waals surface area contributed by atoms with Crippen LogP contribution in [0.4, 0.5) is 4.79 Å². The molecule has 1 aromatic rings. The van der Waals surface area contributed by atoms with Crippen molar-refractivity contribution in [3.05, 3.63) is 29.8 Å². The molecule has 0 radical (unpaired) electrons. The third-order valence-corrected chi connectivity index (χ3v) is 5.98. The van der Waals surface area contributed by atoms with Gasteiger partial charge in [-0.2, -0.15) is 0 Å². The molecule has 2 amide bonds. The third kappa shape index (κ3) is 3.65. The summed E-state index contributed by atoms with van der Waals surface area (Å²) in [4.78, 5) is 11.9. The van der Waals surface area contributed by atoms with E-state index in [4.69, 9.17) is 5.11 Å². The number of rotatable bonds is 4. The van der Waals surface area contributed by atoms with Gasteiger partial charge in [0.2, 0.25) is 0 Å². The number of amides is 2. The number of carbonyl (C=O) groups is 1. The van der Waals surface area contributed by atoms with E-state index in [0.717, 1.165) is 13.1 Å². The first-order chi connectivity index (χ1) is 11.0. The van der Waals surface area contributed by atoms with Crippen LogP contribution in [0.3, 0.4) is 0 Å². The minimum atomic E-state index is -3.92. The Kier molecular flexibility index (Phi) is 4.56. The molecule has 0 spiro atoms. The molecule has 1 aromatic carbocycles. The van der Waals surface area contributed by atoms with Crippen molar-refractivity contribution >= 4 is 16.1 Å². The summed E-state index contributed by atoms with van der Waals surface area (Å²) in [6.07, 6.45) is 3.60. The highest BCUT2D eigenvalue weighted by molar-refractivity contribution is 7.90. The molecule has 3 rings (SSSR count). The van der Waals surface area contributed by atoms with E-state index in [1.54, 1.807) is 5.01 Å². The molecule has 23 heavy (non-hydrogen) atoms. The molecular formula is C15H21N3O4S. The van der Waals surface area contributed by atoms with Crippen molar-refractivity contribution in [3.8, 4) is 0 Å². The molecule has 3 N–H and O–H groups in total. The number of urea groups is 1. The average molecular weight is 339 g/mol. The van der Waals surface area contributed by atoms with Crippen LogP contribution in [0.15, 0.2) is 29.2 Å². The second kappa shape index (κ2) is 6.46. The van der Waals surface area contributed by atoms with Crippen molar-refractivity contribution in [2.24, 2.45) is 11.8 Å². The second-order valence-electron chi connectivity index (χ2n) is 6.20. The lowest BCUT2D eigenvalue weighted by Gasteiger charge is -2.18. The number of hydrazine groups is 1. The first kappa shape index (κ1) is 16.2. The van der Waals surface area contributed by atoms with Crippen LogP contribution in [-0.2, 0) is 16.6 Å². The minimum Gasteiger partial charge on any atom is -0.392 e. The summed E-state index contributed by atoms with van der Waals surface area (Å²) in [5, 5.41) is 10.8. The predicted molar refractivity (Wildman–Crippen MR) is 83.6 cm³/mol. The minimum absolute atomic E-state index is 0.0110. The number of nitrogens with one attached hydrogen (secondary N) is 2. The molecule has 2 fully saturated rings. The molecule has 1 saturated heterocycles. The fourth-order valence-corrected chi connectivity index (χ4v) is 4.35. The van der Waals surface area contributed by atoms with E-state index in [-0.39, 0.29) is 11.5 Å². The van der Waals surface area contributed by atoms with Gasteiger partial charge >= 0.3 is 6.03 Å². The standard InChI is InChI=1S/C15H21N3O4S/c19-10-11-4-6-14(7-5-11)23(21,22)17-15(20)16-18-8-12-2-1-3-13(12)9-18/h4-7,12-13,19H,1-3,8-10H2,(H2,16,17,20)/t12-,13+. The zero-order chi connectivity index (χ0) is 16.4. The molecule has 2 atom stereocenters. The Morgan fingerprint density at radius 1 is 1.17 bits per heavy atom. The largest absolute Gasteiger partial charge is 0.392 e. The zero-order valence-electron chi connectivity index (χ0n) is 12.7. The Hall–Kier alpha value is -1.64. The number of fused-ring (bicyclic) bond motifs is 1. The Balaban J connectivity index is 1.58. The van der Waals surface area contributed by atoms with Crippen molar-refractivity contribution in [1.82, 2.24) is 15.2 Å². The van der Waals surface area contributed by atoms with Crippen molar-refractivity contribution in [1.29, 1.82) is 0 Å². The van der Waals surface area contributed by atoms with Gasteiger partial charge in [0.05, 0.1) is 11.5 Å². The number of aliphatic hydroxyl groups excluding tert-OH is 1. The number of hydrogen-bond donors (Lipinski definition) is 3. The number of aliphatic hydroxyl groups is 1. The maximum atomic E-state index is 12.2. The summed E-state index contributed by atoms with van der Waals surface area (Å²) in [7, 11) is -3.92. The van der Waals surface area contributed by atoms with Crippen LogP contribution in [0.25, 0.3) is 0 Å². The molecule has 0 aromatic heterocycles. The van der Waals surface area contributed by atoms with Gasteiger partial charge in [0.15, 0.2) is 0 Å². The molecule has 0 bridgehead atoms. The number of hydrogen-bond acceptors (Lipinski definition) is 5. The Morgan fingerprint density at radius 3 is 2.35 bits per heavy atom. The highest BCUT2D eigenvalue weighted by Gasteiger charge is 2.36. The van der Waals surface area contributed by atoms with Gasteiger partial charge in [0, 0.05) is 13.1 Å². The predicted octanol–water partition coefficient (Wildman–Crippen LogP) is 0.814. The van der Waals surface area contributed by atoms with Crippen molar-refractivity contribution in [3.63, 3.8) is 0 Å². The van der Waals surface area contributed by atoms with Crippen LogP contribution in [0.2, 0.25) is 0 Å². The van der Waals surface area contributed by atoms with Crippen molar-refractivity contribution in [2.75, 3.05) is 13.1 Å². The van der Waals surface area contributed by atoms with E-state index in [1.165, 1.54) is 43.5 Å². The number of carbonyl (C=O) groups excluding carboxylic acids is 1. The SMILES string of the molecule is O=C(NN1C[C@H]2CCC[C@H]2C1)NS(=O)(=O)c1ccc(CO)cc1. The van der Waals surface area contributed by atoms with Gasteiger partial charge in [-0.05, 0) is 42.4 Å². The number of nitrogens with zero attached hydrogens (tertiary/aromatic N) is 1. The second-order valence-corrected chi connectivity index (χ2v) is 7.89. The van der Waals surface area contributed by atoms with E-state index >= 15 is 0 Å². The van der Waals surface area contributed by atoms with Gasteiger partial charge in [-0.25, -0.2) is 22.9 Å². The summed E-state index contributed by atoms with van der Waals surface area (Å²) in [5.41, 5.74) is 3.23. The van der Waals surface area contributed by atoms with Gasteiger partial charge in [-0.1, -0.05) is 18.6 Å². The lowest BCUT2D eigenvalue weighted by atomic mass is 10.0. The third-order valence-electron chi connectivity index (χ3n) is 4.63. The Morgan fingerprint density at radius 2 is 1.78 bits per heavy atom. The average Bonchev–Trinajstić information content (AvgIpc) is 3.07. The van der Waals surface area contributed by atoms with E-state index in [2.05, 4.69) is 5.43 Å². The van der Waals surface area contributed by atoms with Crippen LogP contribution in [-0.4, -0.2) is 37.7 Å². The van der Waals surface area contributed by atoms with Gasteiger partial charge < -0.3 is 5.11 Å².